The van der Waals surface area contributed by atoms with Gasteiger partial charge in [0.2, 0.25) is 5.91 Å². The highest BCUT2D eigenvalue weighted by Crippen LogP contribution is 2.25. The lowest BCUT2D eigenvalue weighted by atomic mass is 9.97. The maximum absolute atomic E-state index is 11.0. The minimum atomic E-state index is -0.175. The van der Waals surface area contributed by atoms with E-state index in [9.17, 15) is 4.79 Å². The fourth-order valence-corrected chi connectivity index (χ4v) is 3.40. The van der Waals surface area contributed by atoms with Gasteiger partial charge in [0.1, 0.15) is 0 Å². The molecular weight excluding hydrogens is 252 g/mol. The van der Waals surface area contributed by atoms with Crippen LogP contribution in [0.4, 0.5) is 0 Å². The number of nitrogens with zero attached hydrogens (tertiary/aromatic N) is 1. The zero-order valence-corrected chi connectivity index (χ0v) is 11.8. The molecule has 0 spiro atoms. The van der Waals surface area contributed by atoms with E-state index < -0.39 is 0 Å². The molecule has 1 aromatic rings. The van der Waals surface area contributed by atoms with Gasteiger partial charge in [0.25, 0.3) is 0 Å². The van der Waals surface area contributed by atoms with Gasteiger partial charge in [-0.15, -0.1) is 0 Å². The summed E-state index contributed by atoms with van der Waals surface area (Å²) >= 11 is 0. The molecular formula is C16H22N2O2. The molecule has 2 aliphatic rings. The Bertz CT molecular complexity index is 501. The van der Waals surface area contributed by atoms with Crippen molar-refractivity contribution in [3.63, 3.8) is 0 Å². The summed E-state index contributed by atoms with van der Waals surface area (Å²) in [5.41, 5.74) is 9.52. The quantitative estimate of drug-likeness (QED) is 0.904. The maximum atomic E-state index is 11.0. The van der Waals surface area contributed by atoms with E-state index in [4.69, 9.17) is 10.5 Å². The Labute approximate surface area is 119 Å². The van der Waals surface area contributed by atoms with Crippen LogP contribution in [0.3, 0.4) is 0 Å². The monoisotopic (exact) mass is 274 g/mol. The van der Waals surface area contributed by atoms with Crippen molar-refractivity contribution in [2.75, 3.05) is 19.7 Å². The number of hydrogen-bond donors (Lipinski definition) is 1. The molecule has 0 aromatic heterocycles. The van der Waals surface area contributed by atoms with Gasteiger partial charge in [-0.1, -0.05) is 18.2 Å². The smallest absolute Gasteiger partial charge is 0.217 e. The molecule has 1 fully saturated rings. The summed E-state index contributed by atoms with van der Waals surface area (Å²) < 4.78 is 5.52. The second kappa shape index (κ2) is 5.94. The largest absolute Gasteiger partial charge is 0.376 e. The van der Waals surface area contributed by atoms with Gasteiger partial charge in [0, 0.05) is 19.5 Å². The second-order valence-corrected chi connectivity index (χ2v) is 5.92. The SMILES string of the molecule is NC(=O)CC1CCN(Cc2cccc3c2CCOC3)C1. The second-order valence-electron chi connectivity index (χ2n) is 5.92. The predicted molar refractivity (Wildman–Crippen MR) is 77.0 cm³/mol. The first-order valence-corrected chi connectivity index (χ1v) is 7.40. The molecule has 4 nitrogen and oxygen atoms in total. The Balaban J connectivity index is 1.65. The molecule has 2 aliphatic heterocycles. The molecule has 4 heteroatoms. The number of ether oxygens (including phenoxy) is 1. The molecule has 1 aromatic carbocycles. The molecule has 2 N–H and O–H groups in total. The van der Waals surface area contributed by atoms with E-state index in [1.807, 2.05) is 0 Å². The maximum Gasteiger partial charge on any atom is 0.217 e. The highest BCUT2D eigenvalue weighted by Gasteiger charge is 2.24. The van der Waals surface area contributed by atoms with Gasteiger partial charge < -0.3 is 10.5 Å². The Morgan fingerprint density at radius 1 is 1.45 bits per heavy atom. The van der Waals surface area contributed by atoms with Crippen molar-refractivity contribution in [1.82, 2.24) is 4.90 Å². The van der Waals surface area contributed by atoms with Crippen molar-refractivity contribution in [2.45, 2.75) is 32.4 Å². The van der Waals surface area contributed by atoms with Crippen molar-refractivity contribution in [1.29, 1.82) is 0 Å². The average molecular weight is 274 g/mol. The molecule has 0 bridgehead atoms. The van der Waals surface area contributed by atoms with E-state index in [1.54, 1.807) is 0 Å². The summed E-state index contributed by atoms with van der Waals surface area (Å²) in [5, 5.41) is 0. The van der Waals surface area contributed by atoms with Crippen LogP contribution < -0.4 is 5.73 Å². The zero-order valence-electron chi connectivity index (χ0n) is 11.8. The van der Waals surface area contributed by atoms with Gasteiger partial charge >= 0.3 is 0 Å². The predicted octanol–water partition coefficient (Wildman–Crippen LogP) is 1.46. The number of amides is 1. The van der Waals surface area contributed by atoms with E-state index in [0.29, 0.717) is 12.3 Å². The molecule has 20 heavy (non-hydrogen) atoms. The Morgan fingerprint density at radius 3 is 3.20 bits per heavy atom. The minimum Gasteiger partial charge on any atom is -0.376 e. The lowest BCUT2D eigenvalue weighted by Crippen LogP contribution is -2.24. The van der Waals surface area contributed by atoms with Crippen LogP contribution in [0.15, 0.2) is 18.2 Å². The molecule has 0 radical (unpaired) electrons. The van der Waals surface area contributed by atoms with Crippen LogP contribution in [0, 0.1) is 5.92 Å². The molecule has 1 atom stereocenters. The van der Waals surface area contributed by atoms with Crippen molar-refractivity contribution >= 4 is 5.91 Å². The van der Waals surface area contributed by atoms with E-state index in [1.165, 1.54) is 16.7 Å². The summed E-state index contributed by atoms with van der Waals surface area (Å²) in [6, 6.07) is 6.52. The van der Waals surface area contributed by atoms with Crippen LogP contribution in [-0.2, 0) is 29.1 Å². The molecule has 0 saturated carbocycles. The van der Waals surface area contributed by atoms with Gasteiger partial charge in [-0.25, -0.2) is 0 Å². The van der Waals surface area contributed by atoms with Crippen LogP contribution in [0.5, 0.6) is 0 Å². The average Bonchev–Trinajstić information content (AvgIpc) is 2.86. The summed E-state index contributed by atoms with van der Waals surface area (Å²) in [5.74, 6) is 0.265. The number of carbonyl (C=O) groups excluding carboxylic acids is 1. The normalized spacial score (nSPS) is 22.7. The van der Waals surface area contributed by atoms with Crippen LogP contribution >= 0.6 is 0 Å². The first-order valence-electron chi connectivity index (χ1n) is 7.40. The highest BCUT2D eigenvalue weighted by atomic mass is 16.5. The lowest BCUT2D eigenvalue weighted by Gasteiger charge is -2.23. The van der Waals surface area contributed by atoms with Gasteiger partial charge in [-0.05, 0) is 42.0 Å². The zero-order chi connectivity index (χ0) is 13.9. The lowest BCUT2D eigenvalue weighted by molar-refractivity contribution is -0.118. The summed E-state index contributed by atoms with van der Waals surface area (Å²) in [6.45, 7) is 4.61. The summed E-state index contributed by atoms with van der Waals surface area (Å²) in [7, 11) is 0. The number of fused-ring (bicyclic) bond motifs is 1. The van der Waals surface area contributed by atoms with Crippen LogP contribution in [0.2, 0.25) is 0 Å². The first-order chi connectivity index (χ1) is 9.72. The number of primary amides is 1. The van der Waals surface area contributed by atoms with E-state index in [0.717, 1.165) is 45.7 Å². The number of likely N-dealkylation sites (tertiary alicyclic amines) is 1. The Morgan fingerprint density at radius 2 is 2.35 bits per heavy atom. The van der Waals surface area contributed by atoms with Gasteiger partial charge in [-0.2, -0.15) is 0 Å². The van der Waals surface area contributed by atoms with E-state index in [2.05, 4.69) is 23.1 Å². The summed E-state index contributed by atoms with van der Waals surface area (Å²) in [6.07, 6.45) is 2.63. The molecule has 0 aliphatic carbocycles. The Kier molecular flexibility index (Phi) is 4.03. The van der Waals surface area contributed by atoms with Crippen molar-refractivity contribution in [2.24, 2.45) is 11.7 Å². The number of benzene rings is 1. The van der Waals surface area contributed by atoms with Crippen LogP contribution in [0.25, 0.3) is 0 Å². The molecule has 108 valence electrons. The molecule has 3 rings (SSSR count). The minimum absolute atomic E-state index is 0.175. The number of carbonyl (C=O) groups is 1. The van der Waals surface area contributed by atoms with Gasteiger partial charge in [0.15, 0.2) is 0 Å². The third-order valence-electron chi connectivity index (χ3n) is 4.38. The van der Waals surface area contributed by atoms with E-state index in [-0.39, 0.29) is 5.91 Å². The topological polar surface area (TPSA) is 55.6 Å². The number of hydrogen-bond acceptors (Lipinski definition) is 3. The third-order valence-corrected chi connectivity index (χ3v) is 4.38. The van der Waals surface area contributed by atoms with Crippen LogP contribution in [-0.4, -0.2) is 30.5 Å². The highest BCUT2D eigenvalue weighted by molar-refractivity contribution is 5.74. The number of nitrogens with two attached hydrogens (primary N) is 1. The van der Waals surface area contributed by atoms with Gasteiger partial charge in [-0.3, -0.25) is 9.69 Å². The van der Waals surface area contributed by atoms with E-state index >= 15 is 0 Å². The number of rotatable bonds is 4. The van der Waals surface area contributed by atoms with Gasteiger partial charge in [0.05, 0.1) is 13.2 Å². The first kappa shape index (κ1) is 13.6. The third kappa shape index (κ3) is 3.02. The Hall–Kier alpha value is -1.39. The van der Waals surface area contributed by atoms with Crippen molar-refractivity contribution in [3.05, 3.63) is 34.9 Å². The van der Waals surface area contributed by atoms with Crippen molar-refractivity contribution in [3.8, 4) is 0 Å². The fourth-order valence-electron chi connectivity index (χ4n) is 3.40. The van der Waals surface area contributed by atoms with Crippen LogP contribution in [0.1, 0.15) is 29.5 Å². The molecule has 1 saturated heterocycles. The standard InChI is InChI=1S/C16H22N2O2/c17-16(19)8-12-4-6-18(9-12)10-13-2-1-3-14-11-20-7-5-15(13)14/h1-3,12H,4-11H2,(H2,17,19). The molecule has 2 heterocycles. The molecule has 1 amide bonds. The van der Waals surface area contributed by atoms with Crippen molar-refractivity contribution < 1.29 is 9.53 Å². The summed E-state index contributed by atoms with van der Waals surface area (Å²) in [4.78, 5) is 13.4. The fraction of sp³-hybridized carbons (Fsp3) is 0.562. The molecule has 1 unspecified atom stereocenters.